The van der Waals surface area contributed by atoms with Crippen molar-refractivity contribution < 1.29 is 9.50 Å². The molecule has 0 bridgehead atoms. The minimum Gasteiger partial charge on any atom is -0.391 e. The van der Waals surface area contributed by atoms with Crippen molar-refractivity contribution >= 4 is 0 Å². The van der Waals surface area contributed by atoms with E-state index >= 15 is 0 Å². The zero-order valence-corrected chi connectivity index (χ0v) is 11.8. The number of likely N-dealkylation sites (tertiary alicyclic amines) is 1. The van der Waals surface area contributed by atoms with Gasteiger partial charge in [0.2, 0.25) is 0 Å². The van der Waals surface area contributed by atoms with Gasteiger partial charge in [-0.2, -0.15) is 0 Å². The van der Waals surface area contributed by atoms with Crippen molar-refractivity contribution in [2.45, 2.75) is 31.5 Å². The van der Waals surface area contributed by atoms with Gasteiger partial charge in [-0.1, -0.05) is 18.2 Å². The van der Waals surface area contributed by atoms with Gasteiger partial charge in [0.1, 0.15) is 5.82 Å². The molecular weight excluding hydrogens is 267 g/mol. The van der Waals surface area contributed by atoms with Gasteiger partial charge in [-0.25, -0.2) is 4.39 Å². The normalized spacial score (nSPS) is 22.6. The molecule has 110 valence electrons. The second-order valence-corrected chi connectivity index (χ2v) is 5.59. The number of rotatable bonds is 4. The number of benzene rings is 1. The van der Waals surface area contributed by atoms with Crippen molar-refractivity contribution in [2.75, 3.05) is 6.54 Å². The van der Waals surface area contributed by atoms with Gasteiger partial charge in [0, 0.05) is 31.5 Å². The molecule has 0 unspecified atom stereocenters. The van der Waals surface area contributed by atoms with Gasteiger partial charge in [0.15, 0.2) is 0 Å². The molecule has 1 N–H and O–H groups in total. The Kier molecular flexibility index (Phi) is 4.27. The molecule has 1 aliphatic rings. The van der Waals surface area contributed by atoms with Crippen molar-refractivity contribution in [1.82, 2.24) is 9.88 Å². The van der Waals surface area contributed by atoms with E-state index in [0.29, 0.717) is 0 Å². The van der Waals surface area contributed by atoms with Crippen LogP contribution in [-0.2, 0) is 13.0 Å². The SMILES string of the molecule is O[C@H]1CCN(Cc2ccc(F)cc2)[C@H]1Cc1cccnc1. The lowest BCUT2D eigenvalue weighted by Gasteiger charge is -2.26. The maximum Gasteiger partial charge on any atom is 0.123 e. The van der Waals surface area contributed by atoms with Crippen molar-refractivity contribution in [3.05, 3.63) is 65.7 Å². The third-order valence-electron chi connectivity index (χ3n) is 4.09. The summed E-state index contributed by atoms with van der Waals surface area (Å²) in [7, 11) is 0. The molecule has 0 spiro atoms. The standard InChI is InChI=1S/C17H19FN2O/c18-15-5-3-13(4-6-15)12-20-9-7-17(21)16(20)10-14-2-1-8-19-11-14/h1-6,8,11,16-17,21H,7,9-10,12H2/t16-,17-/m0/s1. The first kappa shape index (κ1) is 14.2. The number of hydrogen-bond acceptors (Lipinski definition) is 3. The fraction of sp³-hybridized carbons (Fsp3) is 0.353. The highest BCUT2D eigenvalue weighted by Crippen LogP contribution is 2.23. The highest BCUT2D eigenvalue weighted by molar-refractivity contribution is 5.17. The molecule has 0 amide bonds. The number of hydrogen-bond donors (Lipinski definition) is 1. The van der Waals surface area contributed by atoms with Crippen LogP contribution in [0.15, 0.2) is 48.8 Å². The Bertz CT molecular complexity index is 573. The zero-order chi connectivity index (χ0) is 14.7. The van der Waals surface area contributed by atoms with Gasteiger partial charge in [-0.15, -0.1) is 0 Å². The van der Waals surface area contributed by atoms with Crippen LogP contribution in [0.3, 0.4) is 0 Å². The first-order chi connectivity index (χ1) is 10.2. The summed E-state index contributed by atoms with van der Waals surface area (Å²) >= 11 is 0. The van der Waals surface area contributed by atoms with E-state index in [2.05, 4.69) is 9.88 Å². The van der Waals surface area contributed by atoms with Crippen molar-refractivity contribution in [2.24, 2.45) is 0 Å². The Morgan fingerprint density at radius 2 is 2.00 bits per heavy atom. The lowest BCUT2D eigenvalue weighted by Crippen LogP contribution is -2.36. The molecule has 2 heterocycles. The average Bonchev–Trinajstić information content (AvgIpc) is 2.84. The van der Waals surface area contributed by atoms with Crippen LogP contribution in [0.4, 0.5) is 4.39 Å². The summed E-state index contributed by atoms with van der Waals surface area (Å²) in [5.41, 5.74) is 2.20. The first-order valence-corrected chi connectivity index (χ1v) is 7.28. The maximum absolute atomic E-state index is 13.0. The van der Waals surface area contributed by atoms with E-state index in [9.17, 15) is 9.50 Å². The number of halogens is 1. The second-order valence-electron chi connectivity index (χ2n) is 5.59. The highest BCUT2D eigenvalue weighted by Gasteiger charge is 2.32. The van der Waals surface area contributed by atoms with E-state index in [1.165, 1.54) is 12.1 Å². The monoisotopic (exact) mass is 286 g/mol. The van der Waals surface area contributed by atoms with Crippen LogP contribution >= 0.6 is 0 Å². The van der Waals surface area contributed by atoms with Crippen LogP contribution < -0.4 is 0 Å². The number of aliphatic hydroxyl groups excluding tert-OH is 1. The minimum atomic E-state index is -0.314. The molecule has 1 aliphatic heterocycles. The molecule has 3 nitrogen and oxygen atoms in total. The Balaban J connectivity index is 1.70. The summed E-state index contributed by atoms with van der Waals surface area (Å²) in [5, 5.41) is 10.2. The van der Waals surface area contributed by atoms with E-state index in [0.717, 1.165) is 37.1 Å². The zero-order valence-electron chi connectivity index (χ0n) is 11.8. The van der Waals surface area contributed by atoms with Gasteiger partial charge >= 0.3 is 0 Å². The van der Waals surface area contributed by atoms with Crippen LogP contribution in [0.2, 0.25) is 0 Å². The molecule has 2 atom stereocenters. The molecule has 0 saturated carbocycles. The molecule has 1 aromatic carbocycles. The highest BCUT2D eigenvalue weighted by atomic mass is 19.1. The smallest absolute Gasteiger partial charge is 0.123 e. The molecule has 0 radical (unpaired) electrons. The van der Waals surface area contributed by atoms with Crippen molar-refractivity contribution in [3.63, 3.8) is 0 Å². The summed E-state index contributed by atoms with van der Waals surface area (Å²) in [4.78, 5) is 6.40. The predicted molar refractivity (Wildman–Crippen MR) is 79.2 cm³/mol. The summed E-state index contributed by atoms with van der Waals surface area (Å²) in [6.45, 7) is 1.60. The summed E-state index contributed by atoms with van der Waals surface area (Å²) in [5.74, 6) is -0.216. The van der Waals surface area contributed by atoms with Crippen molar-refractivity contribution in [3.8, 4) is 0 Å². The minimum absolute atomic E-state index is 0.0965. The molecule has 21 heavy (non-hydrogen) atoms. The number of pyridine rings is 1. The van der Waals surface area contributed by atoms with Gasteiger partial charge in [-0.3, -0.25) is 9.88 Å². The first-order valence-electron chi connectivity index (χ1n) is 7.28. The average molecular weight is 286 g/mol. The molecule has 1 aromatic heterocycles. The topological polar surface area (TPSA) is 36.4 Å². The molecule has 1 fully saturated rings. The Morgan fingerprint density at radius 3 is 2.71 bits per heavy atom. The largest absolute Gasteiger partial charge is 0.391 e. The number of aliphatic hydroxyl groups is 1. The lowest BCUT2D eigenvalue weighted by atomic mass is 10.0. The third kappa shape index (κ3) is 3.46. The van der Waals surface area contributed by atoms with Crippen LogP contribution in [0.5, 0.6) is 0 Å². The molecule has 3 rings (SSSR count). The van der Waals surface area contributed by atoms with Crippen LogP contribution in [0, 0.1) is 5.82 Å². The van der Waals surface area contributed by atoms with Gasteiger partial charge in [0.05, 0.1) is 6.10 Å². The fourth-order valence-corrected chi connectivity index (χ4v) is 2.95. The second kappa shape index (κ2) is 6.33. The lowest BCUT2D eigenvalue weighted by molar-refractivity contribution is 0.112. The quantitative estimate of drug-likeness (QED) is 0.937. The van der Waals surface area contributed by atoms with E-state index in [4.69, 9.17) is 0 Å². The van der Waals surface area contributed by atoms with Crippen LogP contribution in [0.1, 0.15) is 17.5 Å². The van der Waals surface area contributed by atoms with E-state index in [1.807, 2.05) is 18.3 Å². The molecule has 1 saturated heterocycles. The van der Waals surface area contributed by atoms with Crippen LogP contribution in [-0.4, -0.2) is 33.7 Å². The Morgan fingerprint density at radius 1 is 1.19 bits per heavy atom. The number of nitrogens with zero attached hydrogens (tertiary/aromatic N) is 2. The van der Waals surface area contributed by atoms with Gasteiger partial charge < -0.3 is 5.11 Å². The maximum atomic E-state index is 13.0. The fourth-order valence-electron chi connectivity index (χ4n) is 2.95. The van der Waals surface area contributed by atoms with Gasteiger partial charge in [-0.05, 0) is 42.2 Å². The number of aromatic nitrogens is 1. The molecular formula is C17H19FN2O. The Labute approximate surface area is 124 Å². The van der Waals surface area contributed by atoms with E-state index in [1.54, 1.807) is 18.3 Å². The molecule has 2 aromatic rings. The van der Waals surface area contributed by atoms with E-state index in [-0.39, 0.29) is 18.0 Å². The summed E-state index contributed by atoms with van der Waals surface area (Å²) in [6.07, 6.45) is 4.86. The van der Waals surface area contributed by atoms with Gasteiger partial charge in [0.25, 0.3) is 0 Å². The third-order valence-corrected chi connectivity index (χ3v) is 4.09. The summed E-state index contributed by atoms with van der Waals surface area (Å²) in [6, 6.07) is 10.6. The van der Waals surface area contributed by atoms with Crippen molar-refractivity contribution in [1.29, 1.82) is 0 Å². The predicted octanol–water partition coefficient (Wildman–Crippen LogP) is 2.40. The van der Waals surface area contributed by atoms with E-state index < -0.39 is 0 Å². The summed E-state index contributed by atoms with van der Waals surface area (Å²) < 4.78 is 13.0. The molecule has 4 heteroatoms. The molecule has 0 aliphatic carbocycles. The Hall–Kier alpha value is -1.78. The van der Waals surface area contributed by atoms with Crippen LogP contribution in [0.25, 0.3) is 0 Å².